The highest BCUT2D eigenvalue weighted by atomic mass is 16.5. The maximum Gasteiger partial charge on any atom is 0.0477 e. The highest BCUT2D eigenvalue weighted by Gasteiger charge is 2.09. The lowest BCUT2D eigenvalue weighted by atomic mass is 10.2. The van der Waals surface area contributed by atoms with Crippen molar-refractivity contribution in [3.63, 3.8) is 0 Å². The predicted octanol–water partition coefficient (Wildman–Crippen LogP) is -0.0256. The van der Waals surface area contributed by atoms with E-state index in [0.29, 0.717) is 6.04 Å². The third-order valence-electron chi connectivity index (χ3n) is 2.02. The average Bonchev–Trinajstić information content (AvgIpc) is 2.28. The van der Waals surface area contributed by atoms with Crippen molar-refractivity contribution in [2.45, 2.75) is 18.9 Å². The Morgan fingerprint density at radius 3 is 3.18 bits per heavy atom. The summed E-state index contributed by atoms with van der Waals surface area (Å²) < 4.78 is 5.02. The Balaban J connectivity index is 2.09. The molecule has 3 nitrogen and oxygen atoms in total. The van der Waals surface area contributed by atoms with Gasteiger partial charge >= 0.3 is 0 Å². The van der Waals surface area contributed by atoms with Crippen molar-refractivity contribution in [1.82, 2.24) is 10.6 Å². The fourth-order valence-electron chi connectivity index (χ4n) is 1.33. The van der Waals surface area contributed by atoms with E-state index in [1.54, 1.807) is 7.11 Å². The molecule has 0 aromatic heterocycles. The summed E-state index contributed by atoms with van der Waals surface area (Å²) in [6.45, 7) is 4.24. The Kier molecular flexibility index (Phi) is 4.50. The molecule has 0 radical (unpaired) electrons. The van der Waals surface area contributed by atoms with Crippen LogP contribution in [0.4, 0.5) is 0 Å². The number of methoxy groups -OCH3 is 1. The van der Waals surface area contributed by atoms with Crippen LogP contribution in [0.25, 0.3) is 0 Å². The maximum absolute atomic E-state index is 5.02. The van der Waals surface area contributed by atoms with E-state index in [1.807, 2.05) is 0 Å². The highest BCUT2D eigenvalue weighted by molar-refractivity contribution is 4.72. The lowest BCUT2D eigenvalue weighted by Crippen LogP contribution is -2.36. The Hall–Kier alpha value is -0.120. The molecule has 0 aliphatic carbocycles. The van der Waals surface area contributed by atoms with E-state index in [9.17, 15) is 0 Å². The number of hydrogen-bond donors (Lipinski definition) is 2. The molecule has 1 aliphatic rings. The molecule has 66 valence electrons. The van der Waals surface area contributed by atoms with Crippen molar-refractivity contribution in [2.24, 2.45) is 0 Å². The molecule has 1 rings (SSSR count). The molecule has 11 heavy (non-hydrogen) atoms. The zero-order chi connectivity index (χ0) is 7.94. The van der Waals surface area contributed by atoms with Gasteiger partial charge in [-0.05, 0) is 25.9 Å². The van der Waals surface area contributed by atoms with E-state index in [1.165, 1.54) is 6.42 Å². The van der Waals surface area contributed by atoms with Gasteiger partial charge in [0, 0.05) is 26.3 Å². The molecule has 1 unspecified atom stereocenters. The first-order valence-corrected chi connectivity index (χ1v) is 4.36. The van der Waals surface area contributed by atoms with Gasteiger partial charge in [-0.15, -0.1) is 0 Å². The van der Waals surface area contributed by atoms with Crippen LogP contribution in [0.3, 0.4) is 0 Å². The Bertz CT molecular complexity index is 90.1. The molecule has 0 saturated carbocycles. The van der Waals surface area contributed by atoms with E-state index in [4.69, 9.17) is 4.74 Å². The molecule has 0 bridgehead atoms. The number of rotatable bonds is 3. The Labute approximate surface area is 68.5 Å². The van der Waals surface area contributed by atoms with E-state index in [-0.39, 0.29) is 0 Å². The molecule has 1 saturated heterocycles. The highest BCUT2D eigenvalue weighted by Crippen LogP contribution is 1.94. The first-order chi connectivity index (χ1) is 5.43. The summed E-state index contributed by atoms with van der Waals surface area (Å²) in [7, 11) is 1.75. The van der Waals surface area contributed by atoms with Crippen molar-refractivity contribution in [1.29, 1.82) is 0 Å². The van der Waals surface area contributed by atoms with E-state index in [0.717, 1.165) is 32.7 Å². The second kappa shape index (κ2) is 5.52. The zero-order valence-corrected chi connectivity index (χ0v) is 7.23. The molecule has 1 fully saturated rings. The summed E-state index contributed by atoms with van der Waals surface area (Å²) in [6.07, 6.45) is 2.35. The summed E-state index contributed by atoms with van der Waals surface area (Å²) >= 11 is 0. The summed E-state index contributed by atoms with van der Waals surface area (Å²) in [5, 5.41) is 6.86. The summed E-state index contributed by atoms with van der Waals surface area (Å²) in [5.74, 6) is 0. The van der Waals surface area contributed by atoms with Crippen LogP contribution in [0.15, 0.2) is 0 Å². The van der Waals surface area contributed by atoms with Gasteiger partial charge in [0.1, 0.15) is 0 Å². The third kappa shape index (κ3) is 3.70. The van der Waals surface area contributed by atoms with Gasteiger partial charge in [0.05, 0.1) is 0 Å². The lowest BCUT2D eigenvalue weighted by molar-refractivity contribution is 0.183. The van der Waals surface area contributed by atoms with Gasteiger partial charge < -0.3 is 15.4 Å². The molecule has 0 spiro atoms. The topological polar surface area (TPSA) is 33.3 Å². The van der Waals surface area contributed by atoms with E-state index in [2.05, 4.69) is 10.6 Å². The normalized spacial score (nSPS) is 26.5. The fraction of sp³-hybridized carbons (Fsp3) is 1.00. The second-order valence-corrected chi connectivity index (χ2v) is 2.99. The van der Waals surface area contributed by atoms with Crippen LogP contribution in [0.5, 0.6) is 0 Å². The van der Waals surface area contributed by atoms with E-state index < -0.39 is 0 Å². The first-order valence-electron chi connectivity index (χ1n) is 4.36. The molecular formula is C8H18N2O. The standard InChI is InChI=1S/C8H18N2O/c1-11-6-3-8-7-9-4-2-5-10-8/h8-10H,2-7H2,1H3. The molecule has 1 heterocycles. The van der Waals surface area contributed by atoms with Crippen LogP contribution in [0.2, 0.25) is 0 Å². The quantitative estimate of drug-likeness (QED) is 0.605. The molecule has 3 heteroatoms. The predicted molar refractivity (Wildman–Crippen MR) is 45.8 cm³/mol. The van der Waals surface area contributed by atoms with Gasteiger partial charge in [0.15, 0.2) is 0 Å². The minimum Gasteiger partial charge on any atom is -0.385 e. The first kappa shape index (κ1) is 8.97. The molecular weight excluding hydrogens is 140 g/mol. The van der Waals surface area contributed by atoms with Crippen molar-refractivity contribution in [3.8, 4) is 0 Å². The average molecular weight is 158 g/mol. The third-order valence-corrected chi connectivity index (χ3v) is 2.02. The molecule has 0 amide bonds. The van der Waals surface area contributed by atoms with Crippen LogP contribution in [0, 0.1) is 0 Å². The largest absolute Gasteiger partial charge is 0.385 e. The van der Waals surface area contributed by atoms with Crippen LogP contribution in [0.1, 0.15) is 12.8 Å². The Morgan fingerprint density at radius 2 is 2.36 bits per heavy atom. The van der Waals surface area contributed by atoms with Crippen molar-refractivity contribution in [3.05, 3.63) is 0 Å². The Morgan fingerprint density at radius 1 is 1.45 bits per heavy atom. The number of hydrogen-bond acceptors (Lipinski definition) is 3. The summed E-state index contributed by atoms with van der Waals surface area (Å²) in [5.41, 5.74) is 0. The molecule has 0 aromatic rings. The number of ether oxygens (including phenoxy) is 1. The van der Waals surface area contributed by atoms with Gasteiger partial charge in [-0.1, -0.05) is 0 Å². The van der Waals surface area contributed by atoms with Crippen molar-refractivity contribution >= 4 is 0 Å². The van der Waals surface area contributed by atoms with E-state index >= 15 is 0 Å². The zero-order valence-electron chi connectivity index (χ0n) is 7.23. The van der Waals surface area contributed by atoms with Gasteiger partial charge in [-0.3, -0.25) is 0 Å². The van der Waals surface area contributed by atoms with Crippen molar-refractivity contribution < 1.29 is 4.74 Å². The summed E-state index contributed by atoms with van der Waals surface area (Å²) in [6, 6.07) is 0.609. The monoisotopic (exact) mass is 158 g/mol. The SMILES string of the molecule is COCCC1CNCCCN1. The van der Waals surface area contributed by atoms with Crippen molar-refractivity contribution in [2.75, 3.05) is 33.4 Å². The number of nitrogens with one attached hydrogen (secondary N) is 2. The van der Waals surface area contributed by atoms with Crippen LogP contribution < -0.4 is 10.6 Å². The second-order valence-electron chi connectivity index (χ2n) is 2.99. The molecule has 2 N–H and O–H groups in total. The minimum absolute atomic E-state index is 0.609. The molecule has 1 atom stereocenters. The van der Waals surface area contributed by atoms with Gasteiger partial charge in [-0.25, -0.2) is 0 Å². The minimum atomic E-state index is 0.609. The fourth-order valence-corrected chi connectivity index (χ4v) is 1.33. The summed E-state index contributed by atoms with van der Waals surface area (Å²) in [4.78, 5) is 0. The maximum atomic E-state index is 5.02. The molecule has 1 aliphatic heterocycles. The lowest BCUT2D eigenvalue weighted by Gasteiger charge is -2.14. The van der Waals surface area contributed by atoms with Crippen LogP contribution >= 0.6 is 0 Å². The van der Waals surface area contributed by atoms with Crippen LogP contribution in [-0.2, 0) is 4.74 Å². The molecule has 0 aromatic carbocycles. The van der Waals surface area contributed by atoms with Gasteiger partial charge in [0.2, 0.25) is 0 Å². The van der Waals surface area contributed by atoms with Crippen LogP contribution in [-0.4, -0.2) is 39.4 Å². The van der Waals surface area contributed by atoms with Gasteiger partial charge in [0.25, 0.3) is 0 Å². The smallest absolute Gasteiger partial charge is 0.0477 e. The van der Waals surface area contributed by atoms with Gasteiger partial charge in [-0.2, -0.15) is 0 Å².